The Bertz CT molecular complexity index is 394. The number of benzene rings is 1. The minimum atomic E-state index is 0.680. The van der Waals surface area contributed by atoms with Crippen molar-refractivity contribution in [1.29, 1.82) is 0 Å². The van der Waals surface area contributed by atoms with E-state index >= 15 is 0 Å². The molecule has 2 aliphatic carbocycles. The Kier molecular flexibility index (Phi) is 3.27. The van der Waals surface area contributed by atoms with Crippen molar-refractivity contribution in [2.24, 2.45) is 17.8 Å². The molecule has 0 bridgehead atoms. The van der Waals surface area contributed by atoms with E-state index in [4.69, 9.17) is 0 Å². The molecule has 0 spiro atoms. The first kappa shape index (κ1) is 11.7. The van der Waals surface area contributed by atoms with Gasteiger partial charge in [-0.2, -0.15) is 0 Å². The maximum atomic E-state index is 3.55. The van der Waals surface area contributed by atoms with Crippen LogP contribution < -0.4 is 5.32 Å². The lowest BCUT2D eigenvalue weighted by Gasteiger charge is -2.18. The number of hydrogen-bond acceptors (Lipinski definition) is 1. The molecule has 1 nitrogen and oxygen atoms in total. The summed E-state index contributed by atoms with van der Waals surface area (Å²) >= 11 is 3.55. The first-order valence-electron chi connectivity index (χ1n) is 6.71. The summed E-state index contributed by atoms with van der Waals surface area (Å²) in [7, 11) is 2.12. The fourth-order valence-electron chi connectivity index (χ4n) is 3.82. The van der Waals surface area contributed by atoms with E-state index in [0.717, 1.165) is 17.8 Å². The van der Waals surface area contributed by atoms with Crippen molar-refractivity contribution in [2.75, 3.05) is 7.05 Å². The lowest BCUT2D eigenvalue weighted by molar-refractivity contribution is 0.428. The normalized spacial score (nSPS) is 32.2. The summed E-state index contributed by atoms with van der Waals surface area (Å²) in [5.41, 5.74) is 1.45. The second kappa shape index (κ2) is 4.74. The number of halogens is 1. The third-order valence-corrected chi connectivity index (χ3v) is 5.15. The maximum Gasteiger partial charge on any atom is 0.0178 e. The van der Waals surface area contributed by atoms with Gasteiger partial charge in [-0.15, -0.1) is 0 Å². The Morgan fingerprint density at radius 1 is 1.35 bits per heavy atom. The summed E-state index contributed by atoms with van der Waals surface area (Å²) in [6.45, 7) is 0. The molecule has 92 valence electrons. The van der Waals surface area contributed by atoms with Crippen LogP contribution in [0.25, 0.3) is 0 Å². The van der Waals surface area contributed by atoms with Crippen LogP contribution in [0.1, 0.15) is 24.8 Å². The molecule has 0 saturated heterocycles. The van der Waals surface area contributed by atoms with Crippen molar-refractivity contribution in [3.05, 3.63) is 34.3 Å². The highest BCUT2D eigenvalue weighted by Gasteiger charge is 2.55. The van der Waals surface area contributed by atoms with E-state index in [9.17, 15) is 0 Å². The lowest BCUT2D eigenvalue weighted by Crippen LogP contribution is -2.31. The lowest BCUT2D eigenvalue weighted by atomic mass is 9.97. The molecule has 2 saturated carbocycles. The highest BCUT2D eigenvalue weighted by molar-refractivity contribution is 9.10. The molecule has 3 unspecified atom stereocenters. The van der Waals surface area contributed by atoms with Gasteiger partial charge in [0.25, 0.3) is 0 Å². The van der Waals surface area contributed by atoms with Gasteiger partial charge in [0.15, 0.2) is 0 Å². The molecule has 2 fully saturated rings. The average molecular weight is 294 g/mol. The summed E-state index contributed by atoms with van der Waals surface area (Å²) in [5.74, 6) is 3.03. The molecule has 1 aromatic rings. The van der Waals surface area contributed by atoms with Gasteiger partial charge in [-0.3, -0.25) is 0 Å². The fourth-order valence-corrected chi connectivity index (χ4v) is 4.27. The van der Waals surface area contributed by atoms with Gasteiger partial charge in [0.2, 0.25) is 0 Å². The van der Waals surface area contributed by atoms with Gasteiger partial charge < -0.3 is 5.32 Å². The van der Waals surface area contributed by atoms with Crippen molar-refractivity contribution in [3.8, 4) is 0 Å². The van der Waals surface area contributed by atoms with E-state index in [0.29, 0.717) is 6.04 Å². The SMILES string of the molecule is CNC(Cc1cccc(Br)c1)C1C2CCCC21. The van der Waals surface area contributed by atoms with Crippen LogP contribution in [-0.2, 0) is 6.42 Å². The topological polar surface area (TPSA) is 12.0 Å². The quantitative estimate of drug-likeness (QED) is 0.894. The zero-order valence-corrected chi connectivity index (χ0v) is 11.9. The second-order valence-corrected chi connectivity index (χ2v) is 6.48. The molecule has 17 heavy (non-hydrogen) atoms. The minimum Gasteiger partial charge on any atom is -0.316 e. The van der Waals surface area contributed by atoms with E-state index in [1.165, 1.54) is 35.7 Å². The monoisotopic (exact) mass is 293 g/mol. The van der Waals surface area contributed by atoms with Crippen molar-refractivity contribution in [2.45, 2.75) is 31.7 Å². The number of rotatable bonds is 4. The highest BCUT2D eigenvalue weighted by Crippen LogP contribution is 2.59. The van der Waals surface area contributed by atoms with E-state index < -0.39 is 0 Å². The Hall–Kier alpha value is -0.340. The number of nitrogens with one attached hydrogen (secondary N) is 1. The van der Waals surface area contributed by atoms with Crippen molar-refractivity contribution in [1.82, 2.24) is 5.32 Å². The van der Waals surface area contributed by atoms with Gasteiger partial charge >= 0.3 is 0 Å². The molecule has 0 radical (unpaired) electrons. The van der Waals surface area contributed by atoms with Crippen LogP contribution in [0.5, 0.6) is 0 Å². The van der Waals surface area contributed by atoms with Crippen LogP contribution in [0, 0.1) is 17.8 Å². The van der Waals surface area contributed by atoms with Gasteiger partial charge in [-0.25, -0.2) is 0 Å². The summed E-state index contributed by atoms with van der Waals surface area (Å²) in [6, 6.07) is 9.42. The maximum absolute atomic E-state index is 3.55. The predicted molar refractivity (Wildman–Crippen MR) is 75.0 cm³/mol. The number of hydrogen-bond donors (Lipinski definition) is 1. The molecule has 0 aliphatic heterocycles. The minimum absolute atomic E-state index is 0.680. The first-order chi connectivity index (χ1) is 8.29. The number of fused-ring (bicyclic) bond motifs is 1. The Balaban J connectivity index is 1.66. The highest BCUT2D eigenvalue weighted by atomic mass is 79.9. The molecule has 0 heterocycles. The molecular weight excluding hydrogens is 274 g/mol. The smallest absolute Gasteiger partial charge is 0.0178 e. The second-order valence-electron chi connectivity index (χ2n) is 5.57. The predicted octanol–water partition coefficient (Wildman–Crippen LogP) is 3.63. The molecule has 0 aromatic heterocycles. The molecular formula is C15H20BrN. The summed E-state index contributed by atoms with van der Waals surface area (Å²) in [6.07, 6.45) is 5.60. The van der Waals surface area contributed by atoms with Crippen molar-refractivity contribution >= 4 is 15.9 Å². The van der Waals surface area contributed by atoms with E-state index in [1.54, 1.807) is 0 Å². The van der Waals surface area contributed by atoms with Gasteiger partial charge in [-0.05, 0) is 61.8 Å². The van der Waals surface area contributed by atoms with Crippen LogP contribution in [0.2, 0.25) is 0 Å². The van der Waals surface area contributed by atoms with Gasteiger partial charge in [0.1, 0.15) is 0 Å². The molecule has 1 N–H and O–H groups in total. The Morgan fingerprint density at radius 2 is 2.12 bits per heavy atom. The molecule has 0 amide bonds. The standard InChI is InChI=1S/C15H20BrN/c1-17-14(15-12-6-3-7-13(12)15)9-10-4-2-5-11(16)8-10/h2,4-5,8,12-15,17H,3,6-7,9H2,1H3. The zero-order chi connectivity index (χ0) is 11.8. The van der Waals surface area contributed by atoms with Gasteiger partial charge in [0.05, 0.1) is 0 Å². The Labute approximate surface area is 112 Å². The Morgan fingerprint density at radius 3 is 2.76 bits per heavy atom. The first-order valence-corrected chi connectivity index (χ1v) is 7.50. The number of likely N-dealkylation sites (N-methyl/N-ethyl adjacent to an activating group) is 1. The van der Waals surface area contributed by atoms with Gasteiger partial charge in [0, 0.05) is 10.5 Å². The molecule has 2 heteroatoms. The summed E-state index contributed by atoms with van der Waals surface area (Å²) < 4.78 is 1.20. The van der Waals surface area contributed by atoms with E-state index in [-0.39, 0.29) is 0 Å². The third kappa shape index (κ3) is 2.30. The van der Waals surface area contributed by atoms with Crippen molar-refractivity contribution in [3.63, 3.8) is 0 Å². The fraction of sp³-hybridized carbons (Fsp3) is 0.600. The van der Waals surface area contributed by atoms with Crippen LogP contribution in [0.3, 0.4) is 0 Å². The van der Waals surface area contributed by atoms with Crippen LogP contribution in [0.15, 0.2) is 28.7 Å². The summed E-state index contributed by atoms with van der Waals surface area (Å²) in [4.78, 5) is 0. The summed E-state index contributed by atoms with van der Waals surface area (Å²) in [5, 5.41) is 3.55. The van der Waals surface area contributed by atoms with E-state index in [2.05, 4.69) is 52.6 Å². The van der Waals surface area contributed by atoms with Crippen LogP contribution in [0.4, 0.5) is 0 Å². The van der Waals surface area contributed by atoms with Crippen LogP contribution >= 0.6 is 15.9 Å². The van der Waals surface area contributed by atoms with Crippen LogP contribution in [-0.4, -0.2) is 13.1 Å². The van der Waals surface area contributed by atoms with Gasteiger partial charge in [-0.1, -0.05) is 34.5 Å². The largest absolute Gasteiger partial charge is 0.316 e. The molecule has 2 aliphatic rings. The third-order valence-electron chi connectivity index (χ3n) is 4.65. The zero-order valence-electron chi connectivity index (χ0n) is 10.3. The molecule has 3 rings (SSSR count). The molecule has 1 aromatic carbocycles. The van der Waals surface area contributed by atoms with Crippen molar-refractivity contribution < 1.29 is 0 Å². The van der Waals surface area contributed by atoms with E-state index in [1.807, 2.05) is 0 Å². The average Bonchev–Trinajstić information content (AvgIpc) is 2.80. The molecule has 3 atom stereocenters.